The molecular formula is C21H27BrO2. The fraction of sp³-hybridized carbons (Fsp3) is 0.619. The van der Waals surface area contributed by atoms with Crippen molar-refractivity contribution in [3.63, 3.8) is 0 Å². The van der Waals surface area contributed by atoms with E-state index in [2.05, 4.69) is 49.7 Å². The molecule has 0 amide bonds. The molecule has 3 heteroatoms. The van der Waals surface area contributed by atoms with Crippen LogP contribution < -0.4 is 0 Å². The summed E-state index contributed by atoms with van der Waals surface area (Å²) >= 11 is 3.53. The van der Waals surface area contributed by atoms with E-state index < -0.39 is 0 Å². The first kappa shape index (κ1) is 16.5. The minimum atomic E-state index is 0.156. The Kier molecular flexibility index (Phi) is 3.62. The zero-order valence-corrected chi connectivity index (χ0v) is 16.7. The number of benzene rings is 1. The lowest BCUT2D eigenvalue weighted by Crippen LogP contribution is -2.44. The van der Waals surface area contributed by atoms with Gasteiger partial charge >= 0.3 is 0 Å². The topological polar surface area (TPSA) is 33.4 Å². The average Bonchev–Trinajstić information content (AvgIpc) is 2.86. The molecule has 1 saturated carbocycles. The summed E-state index contributed by atoms with van der Waals surface area (Å²) in [6, 6.07) is 3.85. The maximum atomic E-state index is 10.1. The van der Waals surface area contributed by atoms with E-state index in [0.717, 1.165) is 11.3 Å². The van der Waals surface area contributed by atoms with Gasteiger partial charge in [-0.15, -0.1) is 0 Å². The van der Waals surface area contributed by atoms with Gasteiger partial charge in [-0.05, 0) is 70.5 Å². The Hall–Kier alpha value is -0.960. The van der Waals surface area contributed by atoms with Crippen LogP contribution in [0.5, 0.6) is 5.75 Å². The van der Waals surface area contributed by atoms with Crippen LogP contribution in [0.25, 0.3) is 11.0 Å². The Morgan fingerprint density at radius 1 is 1.17 bits per heavy atom. The number of phenolic OH excluding ortho intramolecular Hbond substituents is 1. The average molecular weight is 391 g/mol. The van der Waals surface area contributed by atoms with Gasteiger partial charge in [-0.3, -0.25) is 0 Å². The van der Waals surface area contributed by atoms with E-state index >= 15 is 0 Å². The molecular weight excluding hydrogens is 364 g/mol. The van der Waals surface area contributed by atoms with E-state index in [1.807, 2.05) is 0 Å². The largest absolute Gasteiger partial charge is 0.507 e. The molecule has 0 aliphatic heterocycles. The molecule has 2 aliphatic carbocycles. The second-order valence-electron chi connectivity index (χ2n) is 8.91. The van der Waals surface area contributed by atoms with Crippen LogP contribution in [0.15, 0.2) is 21.0 Å². The van der Waals surface area contributed by atoms with Crippen molar-refractivity contribution in [2.24, 2.45) is 11.3 Å². The van der Waals surface area contributed by atoms with Crippen molar-refractivity contribution in [1.29, 1.82) is 0 Å². The fourth-order valence-corrected chi connectivity index (χ4v) is 6.18. The van der Waals surface area contributed by atoms with Crippen LogP contribution in [0, 0.1) is 11.3 Å². The summed E-state index contributed by atoms with van der Waals surface area (Å²) in [5.41, 5.74) is 2.76. The first-order chi connectivity index (χ1) is 11.3. The number of halogens is 1. The third-order valence-electron chi connectivity index (χ3n) is 6.94. The first-order valence-corrected chi connectivity index (χ1v) is 9.99. The van der Waals surface area contributed by atoms with E-state index in [4.69, 9.17) is 4.42 Å². The molecule has 1 N–H and O–H groups in total. The Bertz CT molecular complexity index is 804. The van der Waals surface area contributed by atoms with Gasteiger partial charge in [0.2, 0.25) is 0 Å². The van der Waals surface area contributed by atoms with E-state index in [1.54, 1.807) is 6.07 Å². The van der Waals surface area contributed by atoms with Crippen LogP contribution in [0.2, 0.25) is 0 Å². The highest BCUT2D eigenvalue weighted by Crippen LogP contribution is 2.60. The standard InChI is InChI=1S/C21H27BrO2/c1-12-6-9-15-20(2,3)10-5-11-21(15,4)16-13-7-8-14(23)17(22)19(13)24-18(12)16/h7-8,12,15,23H,5-6,9-11H2,1-4H3/t12-,15+,21+/m1/s1. The summed E-state index contributed by atoms with van der Waals surface area (Å²) in [6.45, 7) is 9.66. The van der Waals surface area contributed by atoms with Gasteiger partial charge in [-0.1, -0.05) is 34.1 Å². The molecule has 24 heavy (non-hydrogen) atoms. The molecule has 2 nitrogen and oxygen atoms in total. The van der Waals surface area contributed by atoms with Crippen LogP contribution in [0.1, 0.15) is 77.0 Å². The van der Waals surface area contributed by atoms with E-state index in [0.29, 0.717) is 21.7 Å². The molecule has 0 saturated heterocycles. The summed E-state index contributed by atoms with van der Waals surface area (Å²) in [6.07, 6.45) is 6.28. The smallest absolute Gasteiger partial charge is 0.152 e. The number of phenols is 1. The van der Waals surface area contributed by atoms with Crippen molar-refractivity contribution in [1.82, 2.24) is 0 Å². The summed E-state index contributed by atoms with van der Waals surface area (Å²) in [5, 5.41) is 11.3. The molecule has 0 unspecified atom stereocenters. The molecule has 1 aromatic heterocycles. The van der Waals surface area contributed by atoms with Crippen LogP contribution in [0.4, 0.5) is 0 Å². The Balaban J connectivity index is 2.04. The quantitative estimate of drug-likeness (QED) is 0.531. The molecule has 0 radical (unpaired) electrons. The SMILES string of the molecule is C[C@@H]1CC[C@H]2C(C)(C)CCC[C@]2(C)c2c1oc1c(Br)c(O)ccc21. The number of hydrogen-bond acceptors (Lipinski definition) is 2. The Morgan fingerprint density at radius 2 is 1.92 bits per heavy atom. The van der Waals surface area contributed by atoms with Gasteiger partial charge < -0.3 is 9.52 Å². The normalized spacial score (nSPS) is 32.2. The van der Waals surface area contributed by atoms with Crippen molar-refractivity contribution in [2.75, 3.05) is 0 Å². The van der Waals surface area contributed by atoms with Crippen molar-refractivity contribution in [2.45, 2.75) is 71.1 Å². The highest BCUT2D eigenvalue weighted by Gasteiger charge is 2.51. The number of hydrogen-bond donors (Lipinski definition) is 1. The monoisotopic (exact) mass is 390 g/mol. The third kappa shape index (κ3) is 2.13. The summed E-state index contributed by atoms with van der Waals surface area (Å²) in [7, 11) is 0. The molecule has 2 aliphatic rings. The molecule has 130 valence electrons. The van der Waals surface area contributed by atoms with E-state index in [-0.39, 0.29) is 11.2 Å². The molecule has 2 aromatic rings. The fourth-order valence-electron chi connectivity index (χ4n) is 5.75. The van der Waals surface area contributed by atoms with E-state index in [9.17, 15) is 5.11 Å². The maximum Gasteiger partial charge on any atom is 0.152 e. The molecule has 0 bridgehead atoms. The molecule has 3 atom stereocenters. The van der Waals surface area contributed by atoms with Crippen LogP contribution in [-0.4, -0.2) is 5.11 Å². The van der Waals surface area contributed by atoms with Gasteiger partial charge in [-0.25, -0.2) is 0 Å². The molecule has 1 fully saturated rings. The highest BCUT2D eigenvalue weighted by atomic mass is 79.9. The second kappa shape index (κ2) is 5.27. The molecule has 4 rings (SSSR count). The van der Waals surface area contributed by atoms with Gasteiger partial charge in [0.05, 0.1) is 0 Å². The van der Waals surface area contributed by atoms with Crippen molar-refractivity contribution < 1.29 is 9.52 Å². The summed E-state index contributed by atoms with van der Waals surface area (Å²) in [5.74, 6) is 2.51. The summed E-state index contributed by atoms with van der Waals surface area (Å²) in [4.78, 5) is 0. The number of furan rings is 1. The number of fused-ring (bicyclic) bond motifs is 5. The lowest BCUT2D eigenvalue weighted by molar-refractivity contribution is 0.0504. The minimum absolute atomic E-state index is 0.156. The van der Waals surface area contributed by atoms with Crippen molar-refractivity contribution in [3.05, 3.63) is 27.9 Å². The van der Waals surface area contributed by atoms with Crippen LogP contribution in [0.3, 0.4) is 0 Å². The van der Waals surface area contributed by atoms with Gasteiger partial charge in [0.15, 0.2) is 5.58 Å². The Morgan fingerprint density at radius 3 is 2.67 bits per heavy atom. The van der Waals surface area contributed by atoms with Gasteiger partial charge in [0, 0.05) is 16.9 Å². The van der Waals surface area contributed by atoms with Gasteiger partial charge in [0.25, 0.3) is 0 Å². The lowest BCUT2D eigenvalue weighted by atomic mass is 9.53. The molecule has 1 heterocycles. The minimum Gasteiger partial charge on any atom is -0.507 e. The van der Waals surface area contributed by atoms with Gasteiger partial charge in [0.1, 0.15) is 16.0 Å². The predicted molar refractivity (Wildman–Crippen MR) is 102 cm³/mol. The van der Waals surface area contributed by atoms with Crippen LogP contribution in [-0.2, 0) is 5.41 Å². The highest BCUT2D eigenvalue weighted by molar-refractivity contribution is 9.10. The maximum absolute atomic E-state index is 10.1. The van der Waals surface area contributed by atoms with Crippen molar-refractivity contribution in [3.8, 4) is 5.75 Å². The predicted octanol–water partition coefficient (Wildman–Crippen LogP) is 6.88. The zero-order chi connectivity index (χ0) is 17.3. The van der Waals surface area contributed by atoms with Crippen molar-refractivity contribution >= 4 is 26.9 Å². The number of aromatic hydroxyl groups is 1. The zero-order valence-electron chi connectivity index (χ0n) is 15.1. The summed E-state index contributed by atoms with van der Waals surface area (Å²) < 4.78 is 7.06. The second-order valence-corrected chi connectivity index (χ2v) is 9.70. The molecule has 0 spiro atoms. The Labute approximate surface area is 152 Å². The van der Waals surface area contributed by atoms with Crippen LogP contribution >= 0.6 is 15.9 Å². The molecule has 1 aromatic carbocycles. The first-order valence-electron chi connectivity index (χ1n) is 9.20. The number of rotatable bonds is 0. The van der Waals surface area contributed by atoms with Gasteiger partial charge in [-0.2, -0.15) is 0 Å². The lowest BCUT2D eigenvalue weighted by Gasteiger charge is -2.50. The third-order valence-corrected chi connectivity index (χ3v) is 7.71. The van der Waals surface area contributed by atoms with E-state index in [1.165, 1.54) is 43.1 Å².